The lowest BCUT2D eigenvalue weighted by Crippen LogP contribution is -2.43. The lowest BCUT2D eigenvalue weighted by molar-refractivity contribution is 0.0187. The van der Waals surface area contributed by atoms with Crippen LogP contribution in [-0.2, 0) is 4.74 Å². The lowest BCUT2D eigenvalue weighted by Gasteiger charge is -2.32. The van der Waals surface area contributed by atoms with Crippen LogP contribution in [0.25, 0.3) is 0 Å². The van der Waals surface area contributed by atoms with Crippen LogP contribution in [0.5, 0.6) is 0 Å². The fourth-order valence-electron chi connectivity index (χ4n) is 1.90. The van der Waals surface area contributed by atoms with Crippen molar-refractivity contribution < 1.29 is 4.74 Å². The highest BCUT2D eigenvalue weighted by atomic mass is 16.5. The number of morpholine rings is 1. The van der Waals surface area contributed by atoms with Gasteiger partial charge in [0.15, 0.2) is 0 Å². The summed E-state index contributed by atoms with van der Waals surface area (Å²) in [5.74, 6) is 0.753. The summed E-state index contributed by atoms with van der Waals surface area (Å²) in [5.41, 5.74) is 0. The van der Waals surface area contributed by atoms with Gasteiger partial charge in [-0.3, -0.25) is 4.90 Å². The summed E-state index contributed by atoms with van der Waals surface area (Å²) in [4.78, 5) is 2.53. The molecule has 1 aliphatic rings. The van der Waals surface area contributed by atoms with Crippen LogP contribution in [0.15, 0.2) is 0 Å². The molecule has 1 fully saturated rings. The zero-order valence-electron chi connectivity index (χ0n) is 10.5. The van der Waals surface area contributed by atoms with E-state index in [2.05, 4.69) is 31.0 Å². The highest BCUT2D eigenvalue weighted by molar-refractivity contribution is 4.70. The number of hydrogen-bond acceptors (Lipinski definition) is 3. The van der Waals surface area contributed by atoms with Crippen LogP contribution >= 0.6 is 0 Å². The van der Waals surface area contributed by atoms with Crippen molar-refractivity contribution in [3.8, 4) is 0 Å². The highest BCUT2D eigenvalue weighted by Gasteiger charge is 2.16. The Bertz CT molecular complexity index is 156. The summed E-state index contributed by atoms with van der Waals surface area (Å²) < 4.78 is 5.35. The first kappa shape index (κ1) is 12.9. The van der Waals surface area contributed by atoms with E-state index in [1.165, 1.54) is 6.42 Å². The first-order chi connectivity index (χ1) is 7.20. The fourth-order valence-corrected chi connectivity index (χ4v) is 1.90. The molecule has 1 N–H and O–H groups in total. The Morgan fingerprint density at radius 3 is 2.47 bits per heavy atom. The van der Waals surface area contributed by atoms with Crippen molar-refractivity contribution in [3.05, 3.63) is 0 Å². The van der Waals surface area contributed by atoms with Gasteiger partial charge in [0.05, 0.1) is 13.2 Å². The molecule has 0 aliphatic carbocycles. The fraction of sp³-hybridized carbons (Fsp3) is 1.00. The maximum atomic E-state index is 5.35. The molecule has 0 bridgehead atoms. The summed E-state index contributed by atoms with van der Waals surface area (Å²) in [6.45, 7) is 13.1. The molecule has 3 heteroatoms. The van der Waals surface area contributed by atoms with Crippen molar-refractivity contribution in [2.45, 2.75) is 33.2 Å². The molecule has 1 rings (SSSR count). The van der Waals surface area contributed by atoms with Crippen LogP contribution in [-0.4, -0.2) is 50.3 Å². The Labute approximate surface area is 94.2 Å². The van der Waals surface area contributed by atoms with E-state index in [4.69, 9.17) is 4.74 Å². The van der Waals surface area contributed by atoms with Crippen molar-refractivity contribution in [1.82, 2.24) is 10.2 Å². The molecule has 0 aromatic rings. The van der Waals surface area contributed by atoms with Crippen molar-refractivity contribution in [2.24, 2.45) is 5.92 Å². The average Bonchev–Trinajstić information content (AvgIpc) is 2.25. The zero-order valence-corrected chi connectivity index (χ0v) is 10.5. The van der Waals surface area contributed by atoms with E-state index in [9.17, 15) is 0 Å². The minimum atomic E-state index is 0.688. The molecular formula is C12H26N2O. The largest absolute Gasteiger partial charge is 0.379 e. The molecule has 0 aromatic heterocycles. The monoisotopic (exact) mass is 214 g/mol. The first-order valence-corrected chi connectivity index (χ1v) is 6.22. The number of ether oxygens (including phenoxy) is 1. The predicted molar refractivity (Wildman–Crippen MR) is 64.2 cm³/mol. The Kier molecular flexibility index (Phi) is 6.22. The second-order valence-corrected chi connectivity index (χ2v) is 4.88. The van der Waals surface area contributed by atoms with E-state index in [1.807, 2.05) is 0 Å². The number of rotatable bonds is 6. The van der Waals surface area contributed by atoms with Gasteiger partial charge in [-0.05, 0) is 32.4 Å². The van der Waals surface area contributed by atoms with Crippen molar-refractivity contribution >= 4 is 0 Å². The minimum absolute atomic E-state index is 0.688. The molecule has 1 heterocycles. The van der Waals surface area contributed by atoms with Gasteiger partial charge in [-0.2, -0.15) is 0 Å². The van der Waals surface area contributed by atoms with Gasteiger partial charge in [0, 0.05) is 19.1 Å². The van der Waals surface area contributed by atoms with Gasteiger partial charge in [-0.25, -0.2) is 0 Å². The molecular weight excluding hydrogens is 188 g/mol. The molecule has 0 amide bonds. The Balaban J connectivity index is 2.04. The third kappa shape index (κ3) is 5.50. The summed E-state index contributed by atoms with van der Waals surface area (Å²) in [6.07, 6.45) is 1.24. The first-order valence-electron chi connectivity index (χ1n) is 6.22. The second-order valence-electron chi connectivity index (χ2n) is 4.88. The Hall–Kier alpha value is -0.120. The molecule has 15 heavy (non-hydrogen) atoms. The summed E-state index contributed by atoms with van der Waals surface area (Å²) in [7, 11) is 0. The van der Waals surface area contributed by atoms with E-state index >= 15 is 0 Å². The average molecular weight is 214 g/mol. The van der Waals surface area contributed by atoms with E-state index < -0.39 is 0 Å². The molecule has 0 saturated carbocycles. The summed E-state index contributed by atoms with van der Waals surface area (Å²) in [6, 6.07) is 0.688. The van der Waals surface area contributed by atoms with Crippen molar-refractivity contribution in [3.63, 3.8) is 0 Å². The molecule has 1 unspecified atom stereocenters. The molecule has 3 nitrogen and oxygen atoms in total. The smallest absolute Gasteiger partial charge is 0.0594 e. The number of nitrogens with one attached hydrogen (secondary N) is 1. The standard InChI is InChI=1S/C12H26N2O/c1-11(2)10-13-5-4-12(3)14-6-8-15-9-7-14/h11-13H,4-10H2,1-3H3. The van der Waals surface area contributed by atoms with Gasteiger partial charge < -0.3 is 10.1 Å². The summed E-state index contributed by atoms with van der Waals surface area (Å²) in [5, 5.41) is 3.50. The van der Waals surface area contributed by atoms with Crippen LogP contribution in [0.2, 0.25) is 0 Å². The van der Waals surface area contributed by atoms with Gasteiger partial charge in [-0.15, -0.1) is 0 Å². The molecule has 0 radical (unpaired) electrons. The second kappa shape index (κ2) is 7.20. The normalized spacial score (nSPS) is 20.8. The number of hydrogen-bond donors (Lipinski definition) is 1. The van der Waals surface area contributed by atoms with Crippen LogP contribution in [0.1, 0.15) is 27.2 Å². The van der Waals surface area contributed by atoms with E-state index in [-0.39, 0.29) is 0 Å². The molecule has 0 spiro atoms. The maximum Gasteiger partial charge on any atom is 0.0594 e. The SMILES string of the molecule is CC(C)CNCCC(C)N1CCOCC1. The Morgan fingerprint density at radius 2 is 1.87 bits per heavy atom. The van der Waals surface area contributed by atoms with Crippen LogP contribution in [0.4, 0.5) is 0 Å². The molecule has 1 saturated heterocycles. The Morgan fingerprint density at radius 1 is 1.20 bits per heavy atom. The summed E-state index contributed by atoms with van der Waals surface area (Å²) >= 11 is 0. The minimum Gasteiger partial charge on any atom is -0.379 e. The molecule has 1 atom stereocenters. The quantitative estimate of drug-likeness (QED) is 0.675. The molecule has 0 aromatic carbocycles. The molecule has 1 aliphatic heterocycles. The highest BCUT2D eigenvalue weighted by Crippen LogP contribution is 2.06. The third-order valence-corrected chi connectivity index (χ3v) is 2.96. The number of nitrogens with zero attached hydrogens (tertiary/aromatic N) is 1. The lowest BCUT2D eigenvalue weighted by atomic mass is 10.1. The third-order valence-electron chi connectivity index (χ3n) is 2.96. The van der Waals surface area contributed by atoms with Crippen molar-refractivity contribution in [2.75, 3.05) is 39.4 Å². The van der Waals surface area contributed by atoms with Crippen LogP contribution in [0.3, 0.4) is 0 Å². The van der Waals surface area contributed by atoms with Gasteiger partial charge in [0.25, 0.3) is 0 Å². The van der Waals surface area contributed by atoms with Crippen LogP contribution in [0, 0.1) is 5.92 Å². The van der Waals surface area contributed by atoms with E-state index in [0.717, 1.165) is 45.3 Å². The van der Waals surface area contributed by atoms with E-state index in [0.29, 0.717) is 6.04 Å². The van der Waals surface area contributed by atoms with E-state index in [1.54, 1.807) is 0 Å². The topological polar surface area (TPSA) is 24.5 Å². The van der Waals surface area contributed by atoms with Gasteiger partial charge >= 0.3 is 0 Å². The maximum absolute atomic E-state index is 5.35. The van der Waals surface area contributed by atoms with Crippen LogP contribution < -0.4 is 5.32 Å². The predicted octanol–water partition coefficient (Wildman–Crippen LogP) is 1.34. The van der Waals surface area contributed by atoms with Gasteiger partial charge in [0.1, 0.15) is 0 Å². The van der Waals surface area contributed by atoms with Gasteiger partial charge in [0.2, 0.25) is 0 Å². The van der Waals surface area contributed by atoms with Gasteiger partial charge in [-0.1, -0.05) is 13.8 Å². The zero-order chi connectivity index (χ0) is 11.1. The van der Waals surface area contributed by atoms with Crippen molar-refractivity contribution in [1.29, 1.82) is 0 Å². The molecule has 90 valence electrons.